The van der Waals surface area contributed by atoms with Crippen LogP contribution in [0.2, 0.25) is 0 Å². The number of hydrogen-bond donors (Lipinski definition) is 1. The fourth-order valence-electron chi connectivity index (χ4n) is 9.44. The minimum absolute atomic E-state index is 0.139. The largest absolute Gasteiger partial charge is 0.452 e. The molecule has 2 heterocycles. The van der Waals surface area contributed by atoms with Gasteiger partial charge < -0.3 is 33.9 Å². The normalized spacial score (nSPS) is 36.9. The van der Waals surface area contributed by atoms with E-state index in [4.69, 9.17) is 24.5 Å². The van der Waals surface area contributed by atoms with Gasteiger partial charge in [-0.1, -0.05) is 64.9 Å². The maximum atomic E-state index is 14.5. The molecule has 15 heteroatoms. The second kappa shape index (κ2) is 19.7. The number of ketones is 3. The average molecular weight is 798 g/mol. The number of benzene rings is 1. The van der Waals surface area contributed by atoms with Crippen LogP contribution in [0.25, 0.3) is 10.4 Å². The first kappa shape index (κ1) is 45.8. The lowest BCUT2D eigenvalue weighted by Crippen LogP contribution is -2.58. The molecular weight excluding hydrogens is 734 g/mol. The van der Waals surface area contributed by atoms with Crippen LogP contribution >= 0.6 is 0 Å². The fourth-order valence-corrected chi connectivity index (χ4v) is 9.44. The summed E-state index contributed by atoms with van der Waals surface area (Å²) in [7, 11) is 3.78. The zero-order valence-electron chi connectivity index (χ0n) is 35.2. The van der Waals surface area contributed by atoms with E-state index in [1.54, 1.807) is 58.0 Å². The number of amides is 1. The van der Waals surface area contributed by atoms with Crippen LogP contribution in [0.3, 0.4) is 0 Å². The Bertz CT molecular complexity index is 1640. The number of aliphatic hydroxyl groups is 1. The van der Waals surface area contributed by atoms with E-state index in [2.05, 4.69) is 10.0 Å². The Morgan fingerprint density at radius 2 is 1.67 bits per heavy atom. The zero-order valence-corrected chi connectivity index (χ0v) is 35.2. The van der Waals surface area contributed by atoms with E-state index in [0.29, 0.717) is 31.2 Å². The summed E-state index contributed by atoms with van der Waals surface area (Å²) in [4.78, 5) is 76.3. The maximum absolute atomic E-state index is 14.5. The summed E-state index contributed by atoms with van der Waals surface area (Å²) in [5, 5.41) is 15.5. The Labute approximate surface area is 336 Å². The SMILES string of the molecule is CCC1C(=O)C(=O)[C@H](C)[C@@H](O)[C@H](C)[C@H](O[C@@H]2O[C@H](C)C[C@H](N(C)C)[C@H]2OC(=O)c2ccccc2)[C@H](C)C[C@@H](C)C(=O)[C@H](C)[C@H]2N(CCCCN=[N+]=[N-])C(=O)O[C@@]12C. The van der Waals surface area contributed by atoms with Crippen molar-refractivity contribution in [2.75, 3.05) is 27.2 Å². The van der Waals surface area contributed by atoms with E-state index < -0.39 is 95.4 Å². The highest BCUT2D eigenvalue weighted by Crippen LogP contribution is 2.44. The minimum Gasteiger partial charge on any atom is -0.452 e. The highest BCUT2D eigenvalue weighted by molar-refractivity contribution is 6.39. The fraction of sp³-hybridized carbons (Fsp3) is 0.738. The lowest BCUT2D eigenvalue weighted by atomic mass is 9.69. The first-order chi connectivity index (χ1) is 26.9. The monoisotopic (exact) mass is 797 g/mol. The third-order valence-electron chi connectivity index (χ3n) is 12.6. The third-order valence-corrected chi connectivity index (χ3v) is 12.6. The third kappa shape index (κ3) is 10.1. The highest BCUT2D eigenvalue weighted by atomic mass is 16.7. The molecule has 1 aliphatic carbocycles. The highest BCUT2D eigenvalue weighted by Gasteiger charge is 2.60. The summed E-state index contributed by atoms with van der Waals surface area (Å²) in [6, 6.07) is 7.45. The van der Waals surface area contributed by atoms with Crippen molar-refractivity contribution in [3.05, 3.63) is 46.3 Å². The molecule has 0 bridgehead atoms. The number of unbranched alkanes of at least 4 members (excludes halogenated alkanes) is 1. The molecular formula is C42H63N5O10. The molecule has 0 radical (unpaired) electrons. The zero-order chi connectivity index (χ0) is 42.4. The molecule has 3 aliphatic rings. The van der Waals surface area contributed by atoms with Gasteiger partial charge in [-0.15, -0.1) is 0 Å². The van der Waals surface area contributed by atoms with Crippen molar-refractivity contribution in [1.29, 1.82) is 0 Å². The molecule has 1 saturated carbocycles. The summed E-state index contributed by atoms with van der Waals surface area (Å²) < 4.78 is 25.4. The van der Waals surface area contributed by atoms with Gasteiger partial charge in [0.05, 0.1) is 41.9 Å². The molecule has 1 unspecified atom stereocenters. The van der Waals surface area contributed by atoms with Crippen molar-refractivity contribution in [2.24, 2.45) is 40.6 Å². The van der Waals surface area contributed by atoms with E-state index in [1.807, 2.05) is 39.8 Å². The summed E-state index contributed by atoms with van der Waals surface area (Å²) >= 11 is 0. The Balaban J connectivity index is 1.75. The number of esters is 1. The van der Waals surface area contributed by atoms with Gasteiger partial charge in [-0.3, -0.25) is 14.4 Å². The first-order valence-electron chi connectivity index (χ1n) is 20.4. The number of carbonyl (C=O) groups excluding carboxylic acids is 5. The summed E-state index contributed by atoms with van der Waals surface area (Å²) in [5.74, 6) is -7.12. The van der Waals surface area contributed by atoms with Gasteiger partial charge in [0.25, 0.3) is 0 Å². The molecule has 3 fully saturated rings. The predicted octanol–water partition coefficient (Wildman–Crippen LogP) is 6.01. The van der Waals surface area contributed by atoms with E-state index in [-0.39, 0.29) is 37.4 Å². The Morgan fingerprint density at radius 1 is 1.00 bits per heavy atom. The minimum atomic E-state index is -1.53. The van der Waals surface area contributed by atoms with Crippen LogP contribution in [-0.2, 0) is 33.3 Å². The van der Waals surface area contributed by atoms with Crippen molar-refractivity contribution in [1.82, 2.24) is 9.80 Å². The van der Waals surface area contributed by atoms with E-state index in [9.17, 15) is 29.1 Å². The van der Waals surface area contributed by atoms with E-state index in [0.717, 1.165) is 0 Å². The van der Waals surface area contributed by atoms with E-state index >= 15 is 0 Å². The number of fused-ring (bicyclic) bond motifs is 1. The van der Waals surface area contributed by atoms with Crippen molar-refractivity contribution >= 4 is 29.4 Å². The topological polar surface area (TPSA) is 198 Å². The van der Waals surface area contributed by atoms with Crippen LogP contribution < -0.4 is 0 Å². The summed E-state index contributed by atoms with van der Waals surface area (Å²) in [6.45, 7) is 14.4. The molecule has 1 N–H and O–H groups in total. The van der Waals surface area contributed by atoms with Crippen LogP contribution in [0.5, 0.6) is 0 Å². The number of likely N-dealkylation sites (N-methyl/N-ethyl adjacent to an activating group) is 1. The Hall–Kier alpha value is -3.88. The van der Waals surface area contributed by atoms with Crippen molar-refractivity contribution in [3.8, 4) is 0 Å². The molecule has 1 aromatic rings. The van der Waals surface area contributed by atoms with Crippen LogP contribution in [-0.4, -0.2) is 120 Å². The molecule has 4 rings (SSSR count). The molecule has 2 saturated heterocycles. The first-order valence-corrected chi connectivity index (χ1v) is 20.4. The van der Waals surface area contributed by atoms with Crippen LogP contribution in [0.1, 0.15) is 97.9 Å². The number of Topliss-reactive ketones (excluding diaryl/α,β-unsaturated/α-hetero) is 3. The Kier molecular flexibility index (Phi) is 15.8. The molecule has 2 aliphatic heterocycles. The van der Waals surface area contributed by atoms with Crippen LogP contribution in [0.15, 0.2) is 35.4 Å². The van der Waals surface area contributed by atoms with Gasteiger partial charge in [0.1, 0.15) is 11.4 Å². The molecule has 0 aromatic heterocycles. The van der Waals surface area contributed by atoms with Gasteiger partial charge in [0.2, 0.25) is 11.6 Å². The van der Waals surface area contributed by atoms with Gasteiger partial charge in [0, 0.05) is 41.7 Å². The maximum Gasteiger partial charge on any atom is 0.410 e. The van der Waals surface area contributed by atoms with Gasteiger partial charge in [-0.2, -0.15) is 0 Å². The van der Waals surface area contributed by atoms with Gasteiger partial charge >= 0.3 is 12.1 Å². The quantitative estimate of drug-likeness (QED) is 0.0687. The molecule has 14 atom stereocenters. The number of ether oxygens (including phenoxy) is 4. The predicted molar refractivity (Wildman–Crippen MR) is 211 cm³/mol. The number of nitrogens with zero attached hydrogens (tertiary/aromatic N) is 5. The summed E-state index contributed by atoms with van der Waals surface area (Å²) in [5.41, 5.74) is 7.54. The molecule has 57 heavy (non-hydrogen) atoms. The molecule has 15 nitrogen and oxygen atoms in total. The van der Waals surface area contributed by atoms with Crippen LogP contribution in [0.4, 0.5) is 4.79 Å². The molecule has 1 amide bonds. The smallest absolute Gasteiger partial charge is 0.410 e. The average Bonchev–Trinajstić information content (AvgIpc) is 3.44. The number of carbonyl (C=O) groups is 5. The van der Waals surface area contributed by atoms with Gasteiger partial charge in [-0.25, -0.2) is 9.59 Å². The lowest BCUT2D eigenvalue weighted by molar-refractivity contribution is -0.282. The summed E-state index contributed by atoms with van der Waals surface area (Å²) in [6.07, 6.45) is -3.19. The van der Waals surface area contributed by atoms with Crippen molar-refractivity contribution in [2.45, 2.75) is 136 Å². The lowest BCUT2D eigenvalue weighted by Gasteiger charge is -2.46. The second-order valence-corrected chi connectivity index (χ2v) is 16.9. The van der Waals surface area contributed by atoms with Crippen LogP contribution in [0, 0.1) is 35.5 Å². The molecule has 0 spiro atoms. The molecule has 1 aromatic carbocycles. The number of hydrogen-bond acceptors (Lipinski definition) is 12. The number of rotatable bonds is 11. The van der Waals surface area contributed by atoms with Gasteiger partial charge in [-0.05, 0) is 83.6 Å². The standard InChI is InChI=1S/C42H63N5O10/c1-11-30-35(51)34(50)26(5)33(49)27(6)36(56-40-37(31(46(9)10)22-25(4)54-40)55-39(52)29-17-13-12-14-18-29)24(3)21-23(2)32(48)28(7)38-42(30,8)57-41(53)47(38)20-16-15-19-44-45-43/h12-14,17-18,23-28,30-31,33,36-38,40,49H,11,15-16,19-22H2,1-10H3/t23-,24-,25-,26-,27+,28+,30?,31+,33-,36-,37-,38-,40+,42+/m1/s1. The van der Waals surface area contributed by atoms with E-state index in [1.165, 1.54) is 11.8 Å². The number of azide groups is 1. The van der Waals surface area contributed by atoms with Crippen molar-refractivity contribution in [3.63, 3.8) is 0 Å². The molecule has 316 valence electrons. The second-order valence-electron chi connectivity index (χ2n) is 16.9. The number of aliphatic hydroxyl groups excluding tert-OH is 1. The van der Waals surface area contributed by atoms with Gasteiger partial charge in [0.15, 0.2) is 12.4 Å². The Morgan fingerprint density at radius 3 is 2.28 bits per heavy atom. The van der Waals surface area contributed by atoms with Crippen molar-refractivity contribution < 1.29 is 48.0 Å².